The zero-order valence-electron chi connectivity index (χ0n) is 18.2. The maximum atomic E-state index is 12.3. The largest absolute Gasteiger partial charge is 0.461 e. The Morgan fingerprint density at radius 3 is 2.69 bits per heavy atom. The number of carbonyl (C=O) groups is 1. The lowest BCUT2D eigenvalue weighted by molar-refractivity contribution is 0.0966. The number of anilines is 1. The molecule has 4 aromatic rings. The predicted molar refractivity (Wildman–Crippen MR) is 128 cm³/mol. The number of rotatable bonds is 4. The molecule has 32 heavy (non-hydrogen) atoms. The standard InChI is InChI=1S/C28H26N2O2/c1-17(18-7-3-2-4-8-18)30-27-21(19-11-12-20-16-29-28(31)23(20)15-19)13-14-25-26(27)22-9-5-6-10-24(22)32-25/h2-4,7-8,11-15,17,30H,5-6,9-10,16H2,1H3,(H,29,31)/t17-/m1/s1. The first-order valence-electron chi connectivity index (χ1n) is 11.5. The zero-order valence-corrected chi connectivity index (χ0v) is 18.2. The van der Waals surface area contributed by atoms with Gasteiger partial charge in [0.1, 0.15) is 11.3 Å². The topological polar surface area (TPSA) is 54.3 Å². The van der Waals surface area contributed by atoms with Crippen LogP contribution in [0.25, 0.3) is 22.1 Å². The second-order valence-electron chi connectivity index (χ2n) is 8.90. The highest BCUT2D eigenvalue weighted by molar-refractivity contribution is 6.04. The van der Waals surface area contributed by atoms with Gasteiger partial charge in [-0.05, 0) is 61.1 Å². The molecule has 0 fully saturated rings. The number of hydrogen-bond donors (Lipinski definition) is 2. The van der Waals surface area contributed by atoms with Gasteiger partial charge in [0.2, 0.25) is 0 Å². The van der Waals surface area contributed by atoms with Crippen molar-refractivity contribution in [1.29, 1.82) is 0 Å². The first-order valence-corrected chi connectivity index (χ1v) is 11.5. The van der Waals surface area contributed by atoms with Crippen LogP contribution >= 0.6 is 0 Å². The lowest BCUT2D eigenvalue weighted by atomic mass is 9.91. The average Bonchev–Trinajstić information content (AvgIpc) is 3.40. The maximum Gasteiger partial charge on any atom is 0.251 e. The number of fused-ring (bicyclic) bond motifs is 4. The van der Waals surface area contributed by atoms with Crippen LogP contribution in [0.4, 0.5) is 5.69 Å². The molecule has 0 unspecified atom stereocenters. The third kappa shape index (κ3) is 3.10. The molecular formula is C28H26N2O2. The molecule has 1 aliphatic heterocycles. The van der Waals surface area contributed by atoms with Crippen molar-refractivity contribution in [3.8, 4) is 11.1 Å². The number of benzene rings is 3. The number of furan rings is 1. The van der Waals surface area contributed by atoms with Gasteiger partial charge >= 0.3 is 0 Å². The van der Waals surface area contributed by atoms with Gasteiger partial charge in [-0.1, -0.05) is 42.5 Å². The molecule has 1 atom stereocenters. The van der Waals surface area contributed by atoms with Crippen molar-refractivity contribution < 1.29 is 9.21 Å². The molecule has 0 radical (unpaired) electrons. The quantitative estimate of drug-likeness (QED) is 0.400. The van der Waals surface area contributed by atoms with Gasteiger partial charge in [-0.15, -0.1) is 0 Å². The molecule has 4 heteroatoms. The Morgan fingerprint density at radius 1 is 0.969 bits per heavy atom. The smallest absolute Gasteiger partial charge is 0.251 e. The van der Waals surface area contributed by atoms with Crippen molar-refractivity contribution in [3.63, 3.8) is 0 Å². The monoisotopic (exact) mass is 422 g/mol. The molecule has 0 spiro atoms. The van der Waals surface area contributed by atoms with Crippen LogP contribution in [0.15, 0.2) is 65.1 Å². The highest BCUT2D eigenvalue weighted by Crippen LogP contribution is 2.43. The fourth-order valence-corrected chi connectivity index (χ4v) is 5.17. The van der Waals surface area contributed by atoms with Gasteiger partial charge in [0, 0.05) is 41.1 Å². The van der Waals surface area contributed by atoms with E-state index >= 15 is 0 Å². The summed E-state index contributed by atoms with van der Waals surface area (Å²) >= 11 is 0. The Hall–Kier alpha value is -3.53. The summed E-state index contributed by atoms with van der Waals surface area (Å²) in [5.74, 6) is 1.14. The van der Waals surface area contributed by atoms with Gasteiger partial charge in [0.15, 0.2) is 0 Å². The van der Waals surface area contributed by atoms with Gasteiger partial charge in [-0.25, -0.2) is 0 Å². The van der Waals surface area contributed by atoms with Crippen molar-refractivity contribution in [2.45, 2.75) is 45.2 Å². The summed E-state index contributed by atoms with van der Waals surface area (Å²) in [5.41, 5.74) is 8.63. The summed E-state index contributed by atoms with van der Waals surface area (Å²) in [4.78, 5) is 12.3. The van der Waals surface area contributed by atoms with Crippen molar-refractivity contribution >= 4 is 22.6 Å². The van der Waals surface area contributed by atoms with E-state index in [9.17, 15) is 4.79 Å². The predicted octanol–water partition coefficient (Wildman–Crippen LogP) is 6.40. The summed E-state index contributed by atoms with van der Waals surface area (Å²) in [6.07, 6.45) is 4.43. The van der Waals surface area contributed by atoms with Crippen LogP contribution in [-0.2, 0) is 19.4 Å². The number of hydrogen-bond acceptors (Lipinski definition) is 3. The Balaban J connectivity index is 1.54. The van der Waals surface area contributed by atoms with Crippen LogP contribution in [0.5, 0.6) is 0 Å². The van der Waals surface area contributed by atoms with E-state index in [4.69, 9.17) is 4.42 Å². The molecule has 1 aliphatic carbocycles. The molecular weight excluding hydrogens is 396 g/mol. The molecule has 2 heterocycles. The van der Waals surface area contributed by atoms with Crippen molar-refractivity contribution in [1.82, 2.24) is 5.32 Å². The summed E-state index contributed by atoms with van der Waals surface area (Å²) in [6, 6.07) is 21.1. The molecule has 0 saturated carbocycles. The van der Waals surface area contributed by atoms with Crippen LogP contribution < -0.4 is 10.6 Å². The second kappa shape index (κ2) is 7.56. The number of nitrogens with one attached hydrogen (secondary N) is 2. The van der Waals surface area contributed by atoms with E-state index < -0.39 is 0 Å². The van der Waals surface area contributed by atoms with Gasteiger partial charge in [0.25, 0.3) is 5.91 Å². The average molecular weight is 423 g/mol. The van der Waals surface area contributed by atoms with E-state index in [-0.39, 0.29) is 11.9 Å². The fraction of sp³-hybridized carbons (Fsp3) is 0.250. The normalized spacial score (nSPS) is 15.8. The van der Waals surface area contributed by atoms with Crippen LogP contribution in [-0.4, -0.2) is 5.91 Å². The van der Waals surface area contributed by atoms with Crippen LogP contribution in [0.1, 0.15) is 58.6 Å². The van der Waals surface area contributed by atoms with E-state index in [0.717, 1.165) is 52.1 Å². The molecule has 2 aliphatic rings. The third-order valence-electron chi connectivity index (χ3n) is 6.88. The summed E-state index contributed by atoms with van der Waals surface area (Å²) < 4.78 is 6.30. The number of amides is 1. The minimum Gasteiger partial charge on any atom is -0.461 e. The molecule has 160 valence electrons. The Morgan fingerprint density at radius 2 is 1.81 bits per heavy atom. The minimum atomic E-state index is 0.00998. The molecule has 4 nitrogen and oxygen atoms in total. The third-order valence-corrected chi connectivity index (χ3v) is 6.88. The molecule has 1 amide bonds. The molecule has 0 saturated heterocycles. The van der Waals surface area contributed by atoms with Gasteiger partial charge in [-0.2, -0.15) is 0 Å². The lowest BCUT2D eigenvalue weighted by Gasteiger charge is -2.21. The molecule has 2 N–H and O–H groups in total. The Kier molecular flexibility index (Phi) is 4.53. The van der Waals surface area contributed by atoms with Gasteiger partial charge in [0.05, 0.1) is 5.69 Å². The zero-order chi connectivity index (χ0) is 21.7. The first-order chi connectivity index (χ1) is 15.7. The maximum absolute atomic E-state index is 12.3. The second-order valence-corrected chi connectivity index (χ2v) is 8.90. The Bertz CT molecular complexity index is 1340. The Labute approximate surface area is 187 Å². The highest BCUT2D eigenvalue weighted by Gasteiger charge is 2.25. The van der Waals surface area contributed by atoms with E-state index in [0.29, 0.717) is 6.54 Å². The van der Waals surface area contributed by atoms with Gasteiger partial charge in [-0.3, -0.25) is 4.79 Å². The molecule has 6 rings (SSSR count). The lowest BCUT2D eigenvalue weighted by Crippen LogP contribution is -2.12. The van der Waals surface area contributed by atoms with Crippen molar-refractivity contribution in [2.24, 2.45) is 0 Å². The SMILES string of the molecule is C[C@@H](Nc1c(-c2ccc3c(c2)C(=O)NC3)ccc2oc3c(c12)CCCC3)c1ccccc1. The van der Waals surface area contributed by atoms with Gasteiger partial charge < -0.3 is 15.1 Å². The summed E-state index contributed by atoms with van der Waals surface area (Å²) in [7, 11) is 0. The summed E-state index contributed by atoms with van der Waals surface area (Å²) in [6.45, 7) is 2.81. The van der Waals surface area contributed by atoms with Crippen LogP contribution in [0, 0.1) is 0 Å². The molecule has 3 aromatic carbocycles. The van der Waals surface area contributed by atoms with Crippen LogP contribution in [0.2, 0.25) is 0 Å². The fourth-order valence-electron chi connectivity index (χ4n) is 5.17. The van der Waals surface area contributed by atoms with E-state index in [1.165, 1.54) is 29.4 Å². The summed E-state index contributed by atoms with van der Waals surface area (Å²) in [5, 5.41) is 7.95. The van der Waals surface area contributed by atoms with E-state index in [1.54, 1.807) is 0 Å². The highest BCUT2D eigenvalue weighted by atomic mass is 16.3. The minimum absolute atomic E-state index is 0.00998. The van der Waals surface area contributed by atoms with Crippen molar-refractivity contribution in [3.05, 3.63) is 88.7 Å². The molecule has 0 bridgehead atoms. The van der Waals surface area contributed by atoms with Crippen molar-refractivity contribution in [2.75, 3.05) is 5.32 Å². The van der Waals surface area contributed by atoms with E-state index in [1.807, 2.05) is 12.1 Å². The number of carbonyl (C=O) groups excluding carboxylic acids is 1. The molecule has 1 aromatic heterocycles. The van der Waals surface area contributed by atoms with E-state index in [2.05, 4.69) is 66.1 Å². The first kappa shape index (κ1) is 19.2. The van der Waals surface area contributed by atoms with Crippen LogP contribution in [0.3, 0.4) is 0 Å². The number of aryl methyl sites for hydroxylation is 2.